The summed E-state index contributed by atoms with van der Waals surface area (Å²) in [7, 11) is -2.75. The van der Waals surface area contributed by atoms with Gasteiger partial charge in [0.25, 0.3) is 0 Å². The minimum atomic E-state index is -3.87. The molecular weight excluding hydrogens is 547 g/mol. The van der Waals surface area contributed by atoms with Crippen LogP contribution in [-0.2, 0) is 24.3 Å². The number of allylic oxidation sites excluding steroid dienone is 1. The van der Waals surface area contributed by atoms with Gasteiger partial charge in [0, 0.05) is 33.9 Å². The number of carbonyl (C=O) groups is 2. The summed E-state index contributed by atoms with van der Waals surface area (Å²) in [4.78, 5) is 32.8. The highest BCUT2D eigenvalue weighted by Crippen LogP contribution is 2.40. The molecule has 1 saturated carbocycles. The van der Waals surface area contributed by atoms with E-state index in [1.807, 2.05) is 0 Å². The summed E-state index contributed by atoms with van der Waals surface area (Å²) >= 11 is 7.63. The fraction of sp³-hybridized carbons (Fsp3) is 0.391. The van der Waals surface area contributed by atoms with Gasteiger partial charge < -0.3 is 15.2 Å². The second-order valence-electron chi connectivity index (χ2n) is 8.64. The van der Waals surface area contributed by atoms with Crippen molar-refractivity contribution in [1.29, 1.82) is 0 Å². The number of hydrogen-bond acceptors (Lipinski definition) is 9. The van der Waals surface area contributed by atoms with Crippen molar-refractivity contribution < 1.29 is 32.2 Å². The van der Waals surface area contributed by atoms with Gasteiger partial charge in [-0.2, -0.15) is 0 Å². The van der Waals surface area contributed by atoms with E-state index < -0.39 is 45.6 Å². The number of methoxy groups -OCH3 is 1. The number of rotatable bonds is 8. The number of aliphatic carboxylic acids is 1. The first-order valence-electron chi connectivity index (χ1n) is 11.3. The molecule has 2 aliphatic rings. The lowest BCUT2D eigenvalue weighted by molar-refractivity contribution is -0.137. The molecule has 2 heterocycles. The van der Waals surface area contributed by atoms with Gasteiger partial charge in [0.05, 0.1) is 12.7 Å². The number of carbonyl (C=O) groups excluding carboxylic acids is 1. The number of aromatic nitrogens is 1. The third-order valence-corrected chi connectivity index (χ3v) is 8.63. The Morgan fingerprint density at radius 2 is 2.03 bits per heavy atom. The molecule has 0 radical (unpaired) electrons. The van der Waals surface area contributed by atoms with Crippen LogP contribution in [0.4, 0.5) is 4.39 Å². The molecule has 0 bridgehead atoms. The Balaban J connectivity index is 1.63. The summed E-state index contributed by atoms with van der Waals surface area (Å²) in [5.41, 5.74) is 0.773. The quantitative estimate of drug-likeness (QED) is 0.410. The molecule has 1 aromatic carbocycles. The van der Waals surface area contributed by atoms with E-state index in [9.17, 15) is 27.5 Å². The number of ether oxygens (including phenoxy) is 1. The molecule has 14 heteroatoms. The summed E-state index contributed by atoms with van der Waals surface area (Å²) in [6.07, 6.45) is 3.40. The van der Waals surface area contributed by atoms with E-state index >= 15 is 0 Å². The van der Waals surface area contributed by atoms with Gasteiger partial charge in [0.2, 0.25) is 10.0 Å². The highest BCUT2D eigenvalue weighted by molar-refractivity contribution is 7.90. The van der Waals surface area contributed by atoms with Crippen LogP contribution >= 0.6 is 22.9 Å². The minimum Gasteiger partial charge on any atom is -0.478 e. The van der Waals surface area contributed by atoms with Gasteiger partial charge in [0.15, 0.2) is 16.6 Å². The smallest absolute Gasteiger partial charge is 0.335 e. The summed E-state index contributed by atoms with van der Waals surface area (Å²) < 4.78 is 45.2. The number of carboxylic acids is 1. The maximum absolute atomic E-state index is 13.7. The lowest BCUT2D eigenvalue weighted by atomic mass is 9.80. The van der Waals surface area contributed by atoms with Crippen molar-refractivity contribution in [3.8, 4) is 0 Å². The van der Waals surface area contributed by atoms with Crippen molar-refractivity contribution in [2.45, 2.75) is 37.8 Å². The lowest BCUT2D eigenvalue weighted by Crippen LogP contribution is -2.42. The zero-order chi connectivity index (χ0) is 26.7. The number of esters is 1. The van der Waals surface area contributed by atoms with Gasteiger partial charge in [-0.05, 0) is 43.7 Å². The third kappa shape index (κ3) is 6.35. The highest BCUT2D eigenvalue weighted by atomic mass is 35.5. The van der Waals surface area contributed by atoms with E-state index in [0.29, 0.717) is 47.8 Å². The Labute approximate surface area is 221 Å². The zero-order valence-electron chi connectivity index (χ0n) is 19.6. The molecule has 0 amide bonds. The van der Waals surface area contributed by atoms with E-state index in [1.54, 1.807) is 11.6 Å². The molecule has 0 saturated heterocycles. The Kier molecular flexibility index (Phi) is 8.26. The maximum atomic E-state index is 13.7. The molecule has 1 aliphatic heterocycles. The van der Waals surface area contributed by atoms with Gasteiger partial charge in [-0.15, -0.1) is 11.3 Å². The van der Waals surface area contributed by atoms with Crippen molar-refractivity contribution in [2.75, 3.05) is 12.9 Å². The number of aliphatic imine (C=N–C) groups is 1. The van der Waals surface area contributed by atoms with Crippen molar-refractivity contribution >= 4 is 50.7 Å². The Morgan fingerprint density at radius 3 is 2.62 bits per heavy atom. The largest absolute Gasteiger partial charge is 0.478 e. The van der Waals surface area contributed by atoms with Crippen LogP contribution in [0.3, 0.4) is 0 Å². The molecule has 10 nitrogen and oxygen atoms in total. The van der Waals surface area contributed by atoms with Gasteiger partial charge in [-0.1, -0.05) is 17.7 Å². The van der Waals surface area contributed by atoms with Gasteiger partial charge in [-0.3, -0.25) is 9.79 Å². The molecular formula is C23H24ClFN4O6S2. The Hall–Kier alpha value is -2.87. The predicted octanol–water partition coefficient (Wildman–Crippen LogP) is 3.02. The fourth-order valence-electron chi connectivity index (χ4n) is 4.53. The molecule has 1 aliphatic carbocycles. The average molecular weight is 571 g/mol. The van der Waals surface area contributed by atoms with Crippen LogP contribution in [-0.4, -0.2) is 55.2 Å². The number of benzene rings is 1. The van der Waals surface area contributed by atoms with Crippen molar-refractivity contribution in [3.63, 3.8) is 0 Å². The first-order chi connectivity index (χ1) is 17.6. The first kappa shape index (κ1) is 27.2. The number of carboxylic acid groups (broad SMARTS) is 1. The van der Waals surface area contributed by atoms with Crippen molar-refractivity contribution in [3.05, 3.63) is 62.5 Å². The van der Waals surface area contributed by atoms with Crippen molar-refractivity contribution in [2.24, 2.45) is 10.9 Å². The standard InChI is InChI=1S/C23H24ClFN4O6S2/c1-35-17(30)11-37(33,34)29-14-5-2-12(3-6-14)19-18(23(31)32)20(15-7-4-13(25)10-16(15)24)28-21(27-19)22-26-8-9-36-22/h4,7-10,12,14,20,29H,2-3,5-6,11H2,1H3,(H,27,28)(H,31,32). The van der Waals surface area contributed by atoms with E-state index in [2.05, 4.69) is 24.8 Å². The molecule has 198 valence electrons. The topological polar surface area (TPSA) is 147 Å². The number of thiazole rings is 1. The van der Waals surface area contributed by atoms with Crippen LogP contribution in [0.25, 0.3) is 0 Å². The number of sulfonamides is 1. The molecule has 1 unspecified atom stereocenters. The second-order valence-corrected chi connectivity index (χ2v) is 11.7. The van der Waals surface area contributed by atoms with Crippen LogP contribution < -0.4 is 10.0 Å². The van der Waals surface area contributed by atoms with Crippen molar-refractivity contribution in [1.82, 2.24) is 15.0 Å². The molecule has 2 aromatic rings. The SMILES string of the molecule is COC(=O)CS(=O)(=O)NC1CCC(C2=C(C(=O)O)C(c3ccc(F)cc3Cl)N=C(c3nccs3)N2)CC1. The highest BCUT2D eigenvalue weighted by Gasteiger charge is 2.37. The van der Waals surface area contributed by atoms with Gasteiger partial charge in [0.1, 0.15) is 11.9 Å². The van der Waals surface area contributed by atoms with E-state index in [4.69, 9.17) is 11.6 Å². The summed E-state index contributed by atoms with van der Waals surface area (Å²) in [6, 6.07) is 2.33. The normalized spacial score (nSPS) is 22.2. The number of nitrogens with one attached hydrogen (secondary N) is 2. The Morgan fingerprint density at radius 1 is 1.30 bits per heavy atom. The molecule has 1 atom stereocenters. The summed E-state index contributed by atoms with van der Waals surface area (Å²) in [5, 5.41) is 15.7. The summed E-state index contributed by atoms with van der Waals surface area (Å²) in [6.45, 7) is 0. The van der Waals surface area contributed by atoms with Gasteiger partial charge >= 0.3 is 11.9 Å². The molecule has 1 aromatic heterocycles. The van der Waals surface area contributed by atoms with Crippen LogP contribution in [0, 0.1) is 11.7 Å². The van der Waals surface area contributed by atoms with Crippen LogP contribution in [0.15, 0.2) is 46.0 Å². The molecule has 37 heavy (non-hydrogen) atoms. The van der Waals surface area contributed by atoms with Gasteiger partial charge in [-0.25, -0.2) is 27.3 Å². The molecule has 4 rings (SSSR count). The number of nitrogens with zero attached hydrogens (tertiary/aromatic N) is 2. The van der Waals surface area contributed by atoms with E-state index in [1.165, 1.54) is 23.5 Å². The molecule has 0 spiro atoms. The number of halogens is 2. The number of hydrogen-bond donors (Lipinski definition) is 3. The lowest BCUT2D eigenvalue weighted by Gasteiger charge is -2.35. The third-order valence-electron chi connectivity index (χ3n) is 6.21. The van der Waals surface area contributed by atoms with Crippen LogP contribution in [0.2, 0.25) is 5.02 Å². The second kappa shape index (κ2) is 11.3. The fourth-order valence-corrected chi connectivity index (χ4v) is 6.64. The first-order valence-corrected chi connectivity index (χ1v) is 14.2. The average Bonchev–Trinajstić information content (AvgIpc) is 3.38. The Bertz CT molecular complexity index is 1360. The molecule has 3 N–H and O–H groups in total. The monoisotopic (exact) mass is 570 g/mol. The summed E-state index contributed by atoms with van der Waals surface area (Å²) in [5.74, 6) is -3.26. The number of amidine groups is 1. The molecule has 1 fully saturated rings. The van der Waals surface area contributed by atoms with E-state index in [0.717, 1.165) is 13.2 Å². The predicted molar refractivity (Wildman–Crippen MR) is 135 cm³/mol. The van der Waals surface area contributed by atoms with Crippen LogP contribution in [0.1, 0.15) is 42.3 Å². The van der Waals surface area contributed by atoms with E-state index in [-0.39, 0.29) is 16.5 Å². The van der Waals surface area contributed by atoms with Crippen LogP contribution in [0.5, 0.6) is 0 Å². The zero-order valence-corrected chi connectivity index (χ0v) is 22.0. The maximum Gasteiger partial charge on any atom is 0.335 e. The minimum absolute atomic E-state index is 0.0106.